The number of nitro groups is 1. The maximum atomic E-state index is 14.0. The molecule has 0 bridgehead atoms. The van der Waals surface area contributed by atoms with E-state index in [9.17, 15) is 19.3 Å². The van der Waals surface area contributed by atoms with Crippen LogP contribution in [-0.2, 0) is 4.79 Å². The number of nitro benzene ring substituents is 1. The topological polar surface area (TPSA) is 87.5 Å². The van der Waals surface area contributed by atoms with Crippen molar-refractivity contribution in [2.24, 2.45) is 0 Å². The van der Waals surface area contributed by atoms with E-state index in [0.29, 0.717) is 19.6 Å². The van der Waals surface area contributed by atoms with Gasteiger partial charge in [-0.2, -0.15) is 0 Å². The minimum atomic E-state index is -0.699. The maximum Gasteiger partial charge on any atom is 0.272 e. The number of non-ortho nitro benzene ring substituents is 1. The SMILES string of the molecule is CNC(=O)C1CNCCN1c1ccc([N+](=O)[O-])cc1F. The van der Waals surface area contributed by atoms with Crippen LogP contribution in [0.4, 0.5) is 15.8 Å². The number of piperazine rings is 1. The lowest BCUT2D eigenvalue weighted by molar-refractivity contribution is -0.385. The second-order valence-electron chi connectivity index (χ2n) is 4.42. The number of hydrogen-bond acceptors (Lipinski definition) is 5. The molecule has 2 N–H and O–H groups in total. The summed E-state index contributed by atoms with van der Waals surface area (Å²) in [4.78, 5) is 23.4. The average molecular weight is 282 g/mol. The fourth-order valence-corrected chi connectivity index (χ4v) is 2.24. The van der Waals surface area contributed by atoms with Gasteiger partial charge in [-0.25, -0.2) is 4.39 Å². The minimum Gasteiger partial charge on any atom is -0.357 e. The molecule has 0 aromatic heterocycles. The Hall–Kier alpha value is -2.22. The van der Waals surface area contributed by atoms with E-state index >= 15 is 0 Å². The van der Waals surface area contributed by atoms with Gasteiger partial charge in [0.2, 0.25) is 5.91 Å². The molecule has 0 aliphatic carbocycles. The number of carbonyl (C=O) groups is 1. The first-order valence-corrected chi connectivity index (χ1v) is 6.17. The molecule has 108 valence electrons. The number of amides is 1. The number of carbonyl (C=O) groups excluding carboxylic acids is 1. The molecular formula is C12H15FN4O3. The fourth-order valence-electron chi connectivity index (χ4n) is 2.24. The zero-order valence-electron chi connectivity index (χ0n) is 10.9. The first-order valence-electron chi connectivity index (χ1n) is 6.17. The third-order valence-corrected chi connectivity index (χ3v) is 3.24. The largest absolute Gasteiger partial charge is 0.357 e. The van der Waals surface area contributed by atoms with E-state index in [1.165, 1.54) is 19.2 Å². The Morgan fingerprint density at radius 1 is 1.60 bits per heavy atom. The monoisotopic (exact) mass is 282 g/mol. The van der Waals surface area contributed by atoms with Crippen molar-refractivity contribution in [2.75, 3.05) is 31.6 Å². The first-order chi connectivity index (χ1) is 9.54. The highest BCUT2D eigenvalue weighted by Crippen LogP contribution is 2.26. The summed E-state index contributed by atoms with van der Waals surface area (Å²) >= 11 is 0. The first kappa shape index (κ1) is 14.2. The van der Waals surface area contributed by atoms with Gasteiger partial charge in [0.25, 0.3) is 5.69 Å². The van der Waals surface area contributed by atoms with Gasteiger partial charge in [0.1, 0.15) is 6.04 Å². The maximum absolute atomic E-state index is 14.0. The third-order valence-electron chi connectivity index (χ3n) is 3.24. The molecule has 1 unspecified atom stereocenters. The number of nitrogens with one attached hydrogen (secondary N) is 2. The van der Waals surface area contributed by atoms with Crippen LogP contribution in [0.5, 0.6) is 0 Å². The van der Waals surface area contributed by atoms with Crippen molar-refractivity contribution in [3.8, 4) is 0 Å². The number of hydrogen-bond donors (Lipinski definition) is 2. The van der Waals surface area contributed by atoms with E-state index in [-0.39, 0.29) is 17.3 Å². The number of rotatable bonds is 3. The average Bonchev–Trinajstić information content (AvgIpc) is 2.46. The Bertz CT molecular complexity index is 537. The molecule has 0 radical (unpaired) electrons. The van der Waals surface area contributed by atoms with Gasteiger partial charge in [0.05, 0.1) is 16.7 Å². The molecule has 1 atom stereocenters. The van der Waals surface area contributed by atoms with Crippen LogP contribution in [0.1, 0.15) is 0 Å². The van der Waals surface area contributed by atoms with E-state index < -0.39 is 16.8 Å². The molecular weight excluding hydrogens is 267 g/mol. The molecule has 1 fully saturated rings. The van der Waals surface area contributed by atoms with Crippen LogP contribution in [0.15, 0.2) is 18.2 Å². The molecule has 1 heterocycles. The van der Waals surface area contributed by atoms with Gasteiger partial charge in [0, 0.05) is 32.7 Å². The number of benzene rings is 1. The molecule has 0 saturated carbocycles. The number of likely N-dealkylation sites (N-methyl/N-ethyl adjacent to an activating group) is 1. The fraction of sp³-hybridized carbons (Fsp3) is 0.417. The van der Waals surface area contributed by atoms with Gasteiger partial charge in [-0.3, -0.25) is 14.9 Å². The zero-order chi connectivity index (χ0) is 14.7. The smallest absolute Gasteiger partial charge is 0.272 e. The quantitative estimate of drug-likeness (QED) is 0.613. The molecule has 1 amide bonds. The second kappa shape index (κ2) is 5.83. The van der Waals surface area contributed by atoms with Gasteiger partial charge in [-0.15, -0.1) is 0 Å². The summed E-state index contributed by atoms with van der Waals surface area (Å²) < 4.78 is 14.0. The summed E-state index contributed by atoms with van der Waals surface area (Å²) in [5.41, 5.74) is -0.108. The Balaban J connectivity index is 2.32. The van der Waals surface area contributed by atoms with Crippen molar-refractivity contribution in [3.63, 3.8) is 0 Å². The summed E-state index contributed by atoms with van der Waals surface area (Å²) in [6.07, 6.45) is 0. The number of anilines is 1. The van der Waals surface area contributed by atoms with E-state index in [2.05, 4.69) is 10.6 Å². The summed E-state index contributed by atoms with van der Waals surface area (Å²) in [6.45, 7) is 1.47. The van der Waals surface area contributed by atoms with Crippen LogP contribution in [0, 0.1) is 15.9 Å². The van der Waals surface area contributed by atoms with Crippen LogP contribution in [0.25, 0.3) is 0 Å². The molecule has 1 aliphatic rings. The highest BCUT2D eigenvalue weighted by atomic mass is 19.1. The Labute approximate surface area is 114 Å². The van der Waals surface area contributed by atoms with Gasteiger partial charge in [0.15, 0.2) is 5.82 Å². The lowest BCUT2D eigenvalue weighted by atomic mass is 10.1. The number of halogens is 1. The molecule has 20 heavy (non-hydrogen) atoms. The summed E-state index contributed by atoms with van der Waals surface area (Å²) in [6, 6.07) is 2.92. The summed E-state index contributed by atoms with van der Waals surface area (Å²) in [7, 11) is 1.52. The Morgan fingerprint density at radius 3 is 2.95 bits per heavy atom. The second-order valence-corrected chi connectivity index (χ2v) is 4.42. The molecule has 2 rings (SSSR count). The van der Waals surface area contributed by atoms with Gasteiger partial charge in [-0.1, -0.05) is 0 Å². The highest BCUT2D eigenvalue weighted by molar-refractivity contribution is 5.85. The van der Waals surface area contributed by atoms with Crippen molar-refractivity contribution in [2.45, 2.75) is 6.04 Å². The molecule has 1 aromatic rings. The predicted octanol–water partition coefficient (Wildman–Crippen LogP) is 0.258. The van der Waals surface area contributed by atoms with E-state index in [0.717, 1.165) is 6.07 Å². The summed E-state index contributed by atoms with van der Waals surface area (Å²) in [5.74, 6) is -0.926. The summed E-state index contributed by atoms with van der Waals surface area (Å²) in [5, 5.41) is 16.2. The molecule has 8 heteroatoms. The van der Waals surface area contributed by atoms with Crippen LogP contribution in [0.3, 0.4) is 0 Å². The van der Waals surface area contributed by atoms with E-state index in [1.54, 1.807) is 4.90 Å². The molecule has 1 saturated heterocycles. The highest BCUT2D eigenvalue weighted by Gasteiger charge is 2.30. The normalized spacial score (nSPS) is 18.7. The minimum absolute atomic E-state index is 0.200. The van der Waals surface area contributed by atoms with Gasteiger partial charge >= 0.3 is 0 Å². The lowest BCUT2D eigenvalue weighted by Crippen LogP contribution is -2.57. The Morgan fingerprint density at radius 2 is 2.35 bits per heavy atom. The predicted molar refractivity (Wildman–Crippen MR) is 71.1 cm³/mol. The van der Waals surface area contributed by atoms with Crippen molar-refractivity contribution in [1.29, 1.82) is 0 Å². The van der Waals surface area contributed by atoms with Gasteiger partial charge < -0.3 is 15.5 Å². The third kappa shape index (κ3) is 2.69. The lowest BCUT2D eigenvalue weighted by Gasteiger charge is -2.36. The van der Waals surface area contributed by atoms with Gasteiger partial charge in [-0.05, 0) is 6.07 Å². The van der Waals surface area contributed by atoms with Crippen molar-refractivity contribution < 1.29 is 14.1 Å². The van der Waals surface area contributed by atoms with Crippen molar-refractivity contribution in [3.05, 3.63) is 34.1 Å². The molecule has 0 spiro atoms. The van der Waals surface area contributed by atoms with Crippen LogP contribution in [-0.4, -0.2) is 43.6 Å². The molecule has 1 aliphatic heterocycles. The van der Waals surface area contributed by atoms with Crippen LogP contribution < -0.4 is 15.5 Å². The van der Waals surface area contributed by atoms with Crippen LogP contribution in [0.2, 0.25) is 0 Å². The standard InChI is InChI=1S/C12H15FN4O3/c1-14-12(18)11-7-15-4-5-16(11)10-3-2-8(17(19)20)6-9(10)13/h2-3,6,11,15H,4-5,7H2,1H3,(H,14,18). The Kier molecular flexibility index (Phi) is 4.14. The number of nitrogens with zero attached hydrogens (tertiary/aromatic N) is 2. The van der Waals surface area contributed by atoms with Crippen LogP contribution >= 0.6 is 0 Å². The van der Waals surface area contributed by atoms with Crippen molar-refractivity contribution in [1.82, 2.24) is 10.6 Å². The van der Waals surface area contributed by atoms with E-state index in [4.69, 9.17) is 0 Å². The molecule has 1 aromatic carbocycles. The van der Waals surface area contributed by atoms with E-state index in [1.807, 2.05) is 0 Å². The molecule has 7 nitrogen and oxygen atoms in total. The zero-order valence-corrected chi connectivity index (χ0v) is 10.9. The van der Waals surface area contributed by atoms with Crippen molar-refractivity contribution >= 4 is 17.3 Å².